The first-order valence-corrected chi connectivity index (χ1v) is 7.98. The molecule has 0 unspecified atom stereocenters. The quantitative estimate of drug-likeness (QED) is 0.840. The summed E-state index contributed by atoms with van der Waals surface area (Å²) in [5, 5.41) is 2.99. The summed E-state index contributed by atoms with van der Waals surface area (Å²) in [4.78, 5) is 11.9. The first-order chi connectivity index (χ1) is 9.98. The van der Waals surface area contributed by atoms with Gasteiger partial charge in [0.2, 0.25) is 5.91 Å². The van der Waals surface area contributed by atoms with Crippen molar-refractivity contribution >= 4 is 5.91 Å². The minimum absolute atomic E-state index is 0.0592. The summed E-state index contributed by atoms with van der Waals surface area (Å²) >= 11 is 0. The fourth-order valence-corrected chi connectivity index (χ4v) is 2.88. The number of hydrogen-bond acceptors (Lipinski definition) is 2. The molecule has 1 aliphatic rings. The van der Waals surface area contributed by atoms with Crippen LogP contribution in [0.5, 0.6) is 5.75 Å². The zero-order valence-electron chi connectivity index (χ0n) is 13.4. The number of carbonyl (C=O) groups is 1. The summed E-state index contributed by atoms with van der Waals surface area (Å²) in [6, 6.07) is 8.13. The van der Waals surface area contributed by atoms with Gasteiger partial charge in [-0.1, -0.05) is 51.8 Å². The molecule has 1 aromatic rings. The van der Waals surface area contributed by atoms with Gasteiger partial charge < -0.3 is 10.1 Å². The SMILES string of the molecule is CC(C)(C)c1ccccc1OCCNC(=O)C1CCCC1. The van der Waals surface area contributed by atoms with Gasteiger partial charge in [-0.05, 0) is 29.9 Å². The van der Waals surface area contributed by atoms with E-state index >= 15 is 0 Å². The van der Waals surface area contributed by atoms with Gasteiger partial charge in [-0.2, -0.15) is 0 Å². The number of para-hydroxylation sites is 1. The Kier molecular flexibility index (Phi) is 5.27. The fraction of sp³-hybridized carbons (Fsp3) is 0.611. The molecule has 21 heavy (non-hydrogen) atoms. The second-order valence-electron chi connectivity index (χ2n) is 6.87. The van der Waals surface area contributed by atoms with Gasteiger partial charge in [-0.15, -0.1) is 0 Å². The van der Waals surface area contributed by atoms with Crippen LogP contribution >= 0.6 is 0 Å². The Morgan fingerprint density at radius 3 is 2.57 bits per heavy atom. The van der Waals surface area contributed by atoms with Crippen molar-refractivity contribution in [3.63, 3.8) is 0 Å². The highest BCUT2D eigenvalue weighted by Gasteiger charge is 2.22. The maximum absolute atomic E-state index is 11.9. The zero-order valence-corrected chi connectivity index (χ0v) is 13.4. The van der Waals surface area contributed by atoms with Gasteiger partial charge in [0.1, 0.15) is 12.4 Å². The van der Waals surface area contributed by atoms with Crippen molar-refractivity contribution in [3.05, 3.63) is 29.8 Å². The molecule has 2 rings (SSSR count). The predicted octanol–water partition coefficient (Wildman–Crippen LogP) is 3.67. The van der Waals surface area contributed by atoms with E-state index in [0.717, 1.165) is 18.6 Å². The lowest BCUT2D eigenvalue weighted by Crippen LogP contribution is -2.32. The lowest BCUT2D eigenvalue weighted by atomic mass is 9.86. The van der Waals surface area contributed by atoms with Gasteiger partial charge in [0.05, 0.1) is 6.54 Å². The van der Waals surface area contributed by atoms with Crippen molar-refractivity contribution in [3.8, 4) is 5.75 Å². The highest BCUT2D eigenvalue weighted by molar-refractivity contribution is 5.78. The maximum Gasteiger partial charge on any atom is 0.223 e. The Morgan fingerprint density at radius 1 is 1.24 bits per heavy atom. The van der Waals surface area contributed by atoms with Gasteiger partial charge in [-0.3, -0.25) is 4.79 Å². The van der Waals surface area contributed by atoms with E-state index < -0.39 is 0 Å². The van der Waals surface area contributed by atoms with Crippen LogP contribution in [0.2, 0.25) is 0 Å². The van der Waals surface area contributed by atoms with E-state index in [1.54, 1.807) is 0 Å². The molecule has 0 heterocycles. The number of benzene rings is 1. The van der Waals surface area contributed by atoms with Crippen LogP contribution in [-0.4, -0.2) is 19.1 Å². The fourth-order valence-electron chi connectivity index (χ4n) is 2.88. The predicted molar refractivity (Wildman–Crippen MR) is 85.6 cm³/mol. The van der Waals surface area contributed by atoms with Gasteiger partial charge >= 0.3 is 0 Å². The standard InChI is InChI=1S/C18H27NO2/c1-18(2,3)15-10-6-7-11-16(15)21-13-12-19-17(20)14-8-4-5-9-14/h6-7,10-11,14H,4-5,8-9,12-13H2,1-3H3,(H,19,20). The molecule has 1 saturated carbocycles. The van der Waals surface area contributed by atoms with Crippen molar-refractivity contribution in [1.29, 1.82) is 0 Å². The molecule has 0 aliphatic heterocycles. The highest BCUT2D eigenvalue weighted by atomic mass is 16.5. The minimum Gasteiger partial charge on any atom is -0.491 e. The van der Waals surface area contributed by atoms with Gasteiger partial charge in [0.15, 0.2) is 0 Å². The van der Waals surface area contributed by atoms with E-state index in [1.165, 1.54) is 18.4 Å². The van der Waals surface area contributed by atoms with Gasteiger partial charge in [0, 0.05) is 5.92 Å². The molecule has 3 nitrogen and oxygen atoms in total. The minimum atomic E-state index is 0.0592. The van der Waals surface area contributed by atoms with Crippen LogP contribution in [0.1, 0.15) is 52.0 Å². The van der Waals surface area contributed by atoms with Crippen molar-refractivity contribution in [2.24, 2.45) is 5.92 Å². The molecular weight excluding hydrogens is 262 g/mol. The number of carbonyl (C=O) groups excluding carboxylic acids is 1. The van der Waals surface area contributed by atoms with E-state index in [-0.39, 0.29) is 17.2 Å². The van der Waals surface area contributed by atoms with Crippen LogP contribution in [0.4, 0.5) is 0 Å². The smallest absolute Gasteiger partial charge is 0.223 e. The first-order valence-electron chi connectivity index (χ1n) is 7.98. The third kappa shape index (κ3) is 4.48. The van der Waals surface area contributed by atoms with E-state index in [0.29, 0.717) is 13.2 Å². The van der Waals surface area contributed by atoms with Crippen LogP contribution in [0, 0.1) is 5.92 Å². The Morgan fingerprint density at radius 2 is 1.90 bits per heavy atom. The third-order valence-electron chi connectivity index (χ3n) is 4.08. The molecule has 1 aromatic carbocycles. The van der Waals surface area contributed by atoms with E-state index in [1.807, 2.05) is 18.2 Å². The Balaban J connectivity index is 1.80. The lowest BCUT2D eigenvalue weighted by Gasteiger charge is -2.22. The summed E-state index contributed by atoms with van der Waals surface area (Å²) in [5.74, 6) is 1.34. The van der Waals surface area contributed by atoms with E-state index in [9.17, 15) is 4.79 Å². The molecule has 1 amide bonds. The van der Waals surface area contributed by atoms with Crippen molar-refractivity contribution in [2.45, 2.75) is 51.9 Å². The van der Waals surface area contributed by atoms with Crippen molar-refractivity contribution < 1.29 is 9.53 Å². The lowest BCUT2D eigenvalue weighted by molar-refractivity contribution is -0.124. The number of amides is 1. The summed E-state index contributed by atoms with van der Waals surface area (Å²) in [6.07, 6.45) is 4.46. The molecule has 1 fully saturated rings. The molecule has 0 bridgehead atoms. The summed E-state index contributed by atoms with van der Waals surface area (Å²) in [5.41, 5.74) is 1.26. The maximum atomic E-state index is 11.9. The average Bonchev–Trinajstić information content (AvgIpc) is 2.97. The Labute approximate surface area is 128 Å². The van der Waals surface area contributed by atoms with E-state index in [2.05, 4.69) is 32.2 Å². The number of nitrogens with one attached hydrogen (secondary N) is 1. The second kappa shape index (κ2) is 6.97. The number of ether oxygens (including phenoxy) is 1. The number of hydrogen-bond donors (Lipinski definition) is 1. The molecule has 116 valence electrons. The Hall–Kier alpha value is -1.51. The third-order valence-corrected chi connectivity index (χ3v) is 4.08. The molecule has 1 N–H and O–H groups in total. The zero-order chi connectivity index (χ0) is 15.3. The van der Waals surface area contributed by atoms with Crippen LogP contribution < -0.4 is 10.1 Å². The van der Waals surface area contributed by atoms with Crippen molar-refractivity contribution in [2.75, 3.05) is 13.2 Å². The second-order valence-corrected chi connectivity index (χ2v) is 6.87. The topological polar surface area (TPSA) is 38.3 Å². The van der Waals surface area contributed by atoms with Crippen LogP contribution in [0.3, 0.4) is 0 Å². The van der Waals surface area contributed by atoms with Crippen LogP contribution in [-0.2, 0) is 10.2 Å². The molecule has 0 saturated heterocycles. The molecule has 0 radical (unpaired) electrons. The normalized spacial score (nSPS) is 16.0. The summed E-state index contributed by atoms with van der Waals surface area (Å²) in [6.45, 7) is 7.63. The average molecular weight is 289 g/mol. The van der Waals surface area contributed by atoms with Crippen LogP contribution in [0.15, 0.2) is 24.3 Å². The molecule has 0 atom stereocenters. The van der Waals surface area contributed by atoms with Crippen molar-refractivity contribution in [1.82, 2.24) is 5.32 Å². The van der Waals surface area contributed by atoms with E-state index in [4.69, 9.17) is 4.74 Å². The summed E-state index contributed by atoms with van der Waals surface area (Å²) < 4.78 is 5.86. The highest BCUT2D eigenvalue weighted by Crippen LogP contribution is 2.30. The molecular formula is C18H27NO2. The molecule has 0 aromatic heterocycles. The van der Waals surface area contributed by atoms with Gasteiger partial charge in [0.25, 0.3) is 0 Å². The molecule has 0 spiro atoms. The first kappa shape index (κ1) is 15.9. The largest absolute Gasteiger partial charge is 0.491 e. The molecule has 1 aliphatic carbocycles. The summed E-state index contributed by atoms with van der Waals surface area (Å²) in [7, 11) is 0. The van der Waals surface area contributed by atoms with Gasteiger partial charge in [-0.25, -0.2) is 0 Å². The Bertz CT molecular complexity index is 470. The van der Waals surface area contributed by atoms with Crippen LogP contribution in [0.25, 0.3) is 0 Å². The monoisotopic (exact) mass is 289 g/mol. The number of rotatable bonds is 5. The molecule has 3 heteroatoms.